The van der Waals surface area contributed by atoms with Crippen LogP contribution < -0.4 is 48.7 Å². The number of carbonyl (C=O) groups is 10. The van der Waals surface area contributed by atoms with E-state index in [0.717, 1.165) is 4.90 Å². The van der Waals surface area contributed by atoms with E-state index in [0.29, 0.717) is 31.4 Å². The van der Waals surface area contributed by atoms with Crippen molar-refractivity contribution in [3.8, 4) is 0 Å². The van der Waals surface area contributed by atoms with Crippen molar-refractivity contribution in [2.24, 2.45) is 35.1 Å². The first-order valence-corrected chi connectivity index (χ1v) is 23.7. The largest absolute Gasteiger partial charge is 0.481 e. The minimum Gasteiger partial charge on any atom is -0.481 e. The molecule has 2 rings (SSSR count). The summed E-state index contributed by atoms with van der Waals surface area (Å²) < 4.78 is 0. The number of rotatable bonds is 30. The third-order valence-corrected chi connectivity index (χ3v) is 11.8. The van der Waals surface area contributed by atoms with E-state index in [1.807, 2.05) is 27.7 Å². The molecule has 0 spiro atoms. The molecular weight excluding hydrogens is 901 g/mol. The fraction of sp³-hybridized carbons (Fsp3) is 0.711. The zero-order valence-corrected chi connectivity index (χ0v) is 41.1. The summed E-state index contributed by atoms with van der Waals surface area (Å²) in [5.74, 6) is -10.1. The molecule has 0 bridgehead atoms. The van der Waals surface area contributed by atoms with Crippen LogP contribution in [0.2, 0.25) is 0 Å². The van der Waals surface area contributed by atoms with Crippen LogP contribution in [0.1, 0.15) is 112 Å². The van der Waals surface area contributed by atoms with Gasteiger partial charge in [-0.15, -0.1) is 0 Å². The molecule has 388 valence electrons. The fourth-order valence-electron chi connectivity index (χ4n) is 7.57. The van der Waals surface area contributed by atoms with Crippen LogP contribution in [0.4, 0.5) is 0 Å². The Morgan fingerprint density at radius 1 is 0.768 bits per heavy atom. The minimum absolute atomic E-state index is 0.00212. The Kier molecular flexibility index (Phi) is 24.8. The number of hydrogen-bond donors (Lipinski definition) is 12. The molecule has 14 N–H and O–H groups in total. The summed E-state index contributed by atoms with van der Waals surface area (Å²) in [6.07, 6.45) is 3.91. The van der Waals surface area contributed by atoms with Gasteiger partial charge in [0.1, 0.15) is 42.3 Å². The Morgan fingerprint density at radius 3 is 1.93 bits per heavy atom. The zero-order chi connectivity index (χ0) is 52.1. The summed E-state index contributed by atoms with van der Waals surface area (Å²) in [6, 6.07) is -9.94. The Bertz CT molecular complexity index is 1910. The highest BCUT2D eigenvalue weighted by molar-refractivity contribution is 5.99. The van der Waals surface area contributed by atoms with Gasteiger partial charge in [-0.25, -0.2) is 9.78 Å². The SMILES string of the molecule is CC[C@H](C)[C@H](N)C(=O)N[C@@H](CC(C)C)C(=O)N[C@@H](CCCCN)C(=O)N[C@@H](CC(=O)O)C(=O)N1CCC[C@H]1C(=O)N[C@H](C(=O)N[C@@H](Cc1cnc[nH]1)C(=O)NCC(=O)N[C@H](C(=O)O)C(C)C)C(C)C. The Labute approximate surface area is 403 Å². The molecule has 2 heterocycles. The molecule has 1 aromatic heterocycles. The first kappa shape index (κ1) is 59.0. The predicted molar refractivity (Wildman–Crippen MR) is 251 cm³/mol. The van der Waals surface area contributed by atoms with E-state index >= 15 is 0 Å². The molecule has 9 atom stereocenters. The molecule has 69 heavy (non-hydrogen) atoms. The van der Waals surface area contributed by atoms with E-state index in [1.165, 1.54) is 12.5 Å². The smallest absolute Gasteiger partial charge is 0.326 e. The maximum atomic E-state index is 14.2. The number of amides is 8. The van der Waals surface area contributed by atoms with E-state index in [-0.39, 0.29) is 50.6 Å². The van der Waals surface area contributed by atoms with Gasteiger partial charge in [0.15, 0.2) is 0 Å². The normalized spacial score (nSPS) is 17.1. The van der Waals surface area contributed by atoms with Crippen LogP contribution >= 0.6 is 0 Å². The van der Waals surface area contributed by atoms with Gasteiger partial charge in [0.25, 0.3) is 0 Å². The molecule has 1 aromatic rings. The van der Waals surface area contributed by atoms with Crippen molar-refractivity contribution < 1.29 is 58.2 Å². The Balaban J connectivity index is 2.31. The monoisotopic (exact) mass is 977 g/mol. The van der Waals surface area contributed by atoms with Gasteiger partial charge < -0.3 is 68.8 Å². The number of aromatic nitrogens is 2. The van der Waals surface area contributed by atoms with Crippen molar-refractivity contribution in [3.63, 3.8) is 0 Å². The van der Waals surface area contributed by atoms with Crippen molar-refractivity contribution in [1.29, 1.82) is 0 Å². The number of carbonyl (C=O) groups excluding carboxylic acids is 8. The van der Waals surface area contributed by atoms with Crippen LogP contribution in [0.3, 0.4) is 0 Å². The van der Waals surface area contributed by atoms with E-state index in [9.17, 15) is 58.2 Å². The molecule has 0 saturated carbocycles. The highest BCUT2D eigenvalue weighted by Crippen LogP contribution is 2.21. The van der Waals surface area contributed by atoms with Gasteiger partial charge in [-0.3, -0.25) is 43.2 Å². The molecular formula is C45H76N12O12. The molecule has 0 radical (unpaired) electrons. The van der Waals surface area contributed by atoms with Crippen LogP contribution in [0.15, 0.2) is 12.5 Å². The molecule has 0 aromatic carbocycles. The summed E-state index contributed by atoms with van der Waals surface area (Å²) in [5.41, 5.74) is 12.3. The minimum atomic E-state index is -1.69. The molecule has 1 saturated heterocycles. The lowest BCUT2D eigenvalue weighted by molar-refractivity contribution is -0.146. The average Bonchev–Trinajstić information content (AvgIpc) is 4.00. The molecule has 24 nitrogen and oxygen atoms in total. The number of carboxylic acids is 2. The predicted octanol–water partition coefficient (Wildman–Crippen LogP) is -1.61. The number of likely N-dealkylation sites (tertiary alicyclic amines) is 1. The number of aromatic amines is 1. The number of hydrogen-bond acceptors (Lipinski definition) is 13. The first-order valence-electron chi connectivity index (χ1n) is 23.7. The maximum absolute atomic E-state index is 14.2. The number of nitrogens with one attached hydrogen (secondary N) is 8. The number of unbranched alkanes of at least 4 members (excludes halogenated alkanes) is 1. The van der Waals surface area contributed by atoms with Crippen molar-refractivity contribution in [2.45, 2.75) is 162 Å². The van der Waals surface area contributed by atoms with E-state index in [2.05, 4.69) is 47.2 Å². The summed E-state index contributed by atoms with van der Waals surface area (Å²) in [4.78, 5) is 141. The summed E-state index contributed by atoms with van der Waals surface area (Å²) in [6.45, 7) is 13.5. The van der Waals surface area contributed by atoms with Gasteiger partial charge in [0.2, 0.25) is 47.3 Å². The molecule has 8 amide bonds. The lowest BCUT2D eigenvalue weighted by atomic mass is 9.97. The molecule has 1 fully saturated rings. The first-order chi connectivity index (χ1) is 32.4. The Morgan fingerprint density at radius 2 is 1.38 bits per heavy atom. The van der Waals surface area contributed by atoms with Crippen molar-refractivity contribution >= 4 is 59.2 Å². The van der Waals surface area contributed by atoms with Crippen molar-refractivity contribution in [1.82, 2.24) is 52.1 Å². The number of nitrogens with two attached hydrogens (primary N) is 2. The quantitative estimate of drug-likeness (QED) is 0.0386. The van der Waals surface area contributed by atoms with Gasteiger partial charge in [0.05, 0.1) is 25.3 Å². The number of H-pyrrole nitrogens is 1. The zero-order valence-electron chi connectivity index (χ0n) is 41.1. The summed E-state index contributed by atoms with van der Waals surface area (Å²) in [5, 5.41) is 37.2. The van der Waals surface area contributed by atoms with E-state index < -0.39 is 132 Å². The maximum Gasteiger partial charge on any atom is 0.326 e. The molecule has 1 aliphatic rings. The number of aliphatic carboxylic acids is 2. The second-order valence-corrected chi connectivity index (χ2v) is 18.7. The lowest BCUT2D eigenvalue weighted by Crippen LogP contribution is -2.60. The van der Waals surface area contributed by atoms with Crippen LogP contribution in [0, 0.1) is 23.7 Å². The second-order valence-electron chi connectivity index (χ2n) is 18.7. The van der Waals surface area contributed by atoms with Gasteiger partial charge in [-0.2, -0.15) is 0 Å². The summed E-state index contributed by atoms with van der Waals surface area (Å²) >= 11 is 0. The highest BCUT2D eigenvalue weighted by atomic mass is 16.4. The lowest BCUT2D eigenvalue weighted by Gasteiger charge is -2.31. The van der Waals surface area contributed by atoms with Gasteiger partial charge >= 0.3 is 11.9 Å². The third-order valence-electron chi connectivity index (χ3n) is 11.8. The third kappa shape index (κ3) is 19.4. The van der Waals surface area contributed by atoms with Gasteiger partial charge in [-0.05, 0) is 68.7 Å². The van der Waals surface area contributed by atoms with Gasteiger partial charge in [-0.1, -0.05) is 61.8 Å². The molecule has 0 unspecified atom stereocenters. The molecule has 24 heteroatoms. The van der Waals surface area contributed by atoms with Crippen LogP contribution in [0.25, 0.3) is 0 Å². The highest BCUT2D eigenvalue weighted by Gasteiger charge is 2.41. The number of nitrogens with zero attached hydrogens (tertiary/aromatic N) is 2. The van der Waals surface area contributed by atoms with Crippen molar-refractivity contribution in [2.75, 3.05) is 19.6 Å². The van der Waals surface area contributed by atoms with E-state index in [1.54, 1.807) is 27.7 Å². The van der Waals surface area contributed by atoms with Crippen LogP contribution in [-0.2, 0) is 54.4 Å². The fourth-order valence-corrected chi connectivity index (χ4v) is 7.57. The van der Waals surface area contributed by atoms with Crippen LogP contribution in [0.5, 0.6) is 0 Å². The molecule has 1 aliphatic heterocycles. The van der Waals surface area contributed by atoms with Crippen LogP contribution in [-0.4, -0.2) is 152 Å². The molecule has 0 aliphatic carbocycles. The van der Waals surface area contributed by atoms with E-state index in [4.69, 9.17) is 11.5 Å². The van der Waals surface area contributed by atoms with Crippen molar-refractivity contribution in [3.05, 3.63) is 18.2 Å². The topological polar surface area (TPSA) is 379 Å². The van der Waals surface area contributed by atoms with Gasteiger partial charge in [0, 0.05) is 24.9 Å². The number of imidazole rings is 1. The summed E-state index contributed by atoms with van der Waals surface area (Å²) in [7, 11) is 0. The average molecular weight is 977 g/mol. The Hall–Kier alpha value is -6.17. The standard InChI is InChI=1S/C45H76N12O12/c1-9-26(8)35(47)42(65)52-29(17-23(2)3)40(63)51-28(13-10-11-15-46)39(62)54-31(19-34(59)60)44(67)57-16-12-14-32(57)41(64)56-36(24(4)5)43(66)53-30(18-27-20-48-22-50-27)38(61)49-21-33(58)55-37(25(6)7)45(68)69/h20,22-26,28-32,35-37H,9-19,21,46-47H2,1-8H3,(H,48,50)(H,49,61)(H,51,63)(H,52,65)(H,53,66)(H,54,62)(H,55,58)(H,56,64)(H,59,60)(H,68,69)/t26-,28-,29-,30-,31-,32-,35-,36-,37-/m0/s1. The number of carboxylic acid groups (broad SMARTS) is 2. The second kappa shape index (κ2) is 29.0.